The molecule has 4 aliphatic rings. The van der Waals surface area contributed by atoms with Crippen molar-refractivity contribution in [3.8, 4) is 0 Å². The van der Waals surface area contributed by atoms with Gasteiger partial charge in [-0.25, -0.2) is 0 Å². The number of amides is 1. The summed E-state index contributed by atoms with van der Waals surface area (Å²) in [4.78, 5) is 17.6. The Morgan fingerprint density at radius 3 is 2.70 bits per heavy atom. The van der Waals surface area contributed by atoms with Crippen molar-refractivity contribution in [2.75, 3.05) is 26.7 Å². The molecule has 0 aromatic heterocycles. The monoisotopic (exact) mass is 482 g/mol. The molecule has 1 amide bonds. The number of carbonyl (C=O) groups is 1. The number of ether oxygens (including phenoxy) is 1. The van der Waals surface area contributed by atoms with Crippen molar-refractivity contribution in [1.82, 2.24) is 15.1 Å². The predicted molar refractivity (Wildman–Crippen MR) is 123 cm³/mol. The molecule has 1 aliphatic heterocycles. The van der Waals surface area contributed by atoms with Gasteiger partial charge in [-0.05, 0) is 77.2 Å². The molecule has 4 unspecified atom stereocenters. The fraction of sp³-hybridized carbons (Fsp3) is 0.913. The van der Waals surface area contributed by atoms with E-state index >= 15 is 0 Å². The summed E-state index contributed by atoms with van der Waals surface area (Å²) >= 11 is 3.80. The number of nitrogens with one attached hydrogen (secondary N) is 2. The third-order valence-electron chi connectivity index (χ3n) is 7.39. The first-order valence-corrected chi connectivity index (χ1v) is 12.9. The predicted octanol–water partition coefficient (Wildman–Crippen LogP) is 3.39. The van der Waals surface area contributed by atoms with Gasteiger partial charge in [-0.15, -0.1) is 0 Å². The molecule has 30 heavy (non-hydrogen) atoms. The molecule has 3 saturated carbocycles. The Kier molecular flexibility index (Phi) is 7.41. The van der Waals surface area contributed by atoms with Gasteiger partial charge in [-0.3, -0.25) is 15.1 Å². The van der Waals surface area contributed by atoms with Crippen LogP contribution in [0.3, 0.4) is 0 Å². The summed E-state index contributed by atoms with van der Waals surface area (Å²) in [5.41, 5.74) is 0. The fourth-order valence-electron chi connectivity index (χ4n) is 5.37. The average Bonchev–Trinajstić information content (AvgIpc) is 3.61. The molecule has 3 aliphatic carbocycles. The van der Waals surface area contributed by atoms with Crippen LogP contribution < -0.4 is 5.32 Å². The van der Waals surface area contributed by atoms with Crippen LogP contribution in [0, 0.1) is 17.2 Å². The highest BCUT2D eigenvalue weighted by atomic mass is 79.9. The second kappa shape index (κ2) is 9.86. The van der Waals surface area contributed by atoms with Crippen LogP contribution in [-0.4, -0.2) is 77.3 Å². The lowest BCUT2D eigenvalue weighted by Gasteiger charge is -2.40. The van der Waals surface area contributed by atoms with Crippen LogP contribution in [0.2, 0.25) is 0 Å². The van der Waals surface area contributed by atoms with Gasteiger partial charge in [0.1, 0.15) is 0 Å². The first-order valence-electron chi connectivity index (χ1n) is 12.0. The van der Waals surface area contributed by atoms with E-state index in [-0.39, 0.29) is 30.5 Å². The zero-order chi connectivity index (χ0) is 21.3. The van der Waals surface area contributed by atoms with Crippen molar-refractivity contribution < 1.29 is 9.53 Å². The molecule has 1 saturated heterocycles. The Balaban J connectivity index is 1.28. The van der Waals surface area contributed by atoms with Gasteiger partial charge in [-0.2, -0.15) is 0 Å². The molecule has 0 radical (unpaired) electrons. The Morgan fingerprint density at radius 2 is 2.00 bits per heavy atom. The maximum Gasteiger partial charge on any atom is 0.239 e. The SMILES string of the molecule is CC(OC1CC1)[C@H]1CC(Br)CCC1C(=N)N(C)CC(=O)NC1CCCN(C2CC2)C1. The molecule has 4 rings (SSSR count). The standard InChI is InChI=1S/C23H39BrN4O2/c1-15(30-19-8-9-19)21-12-16(24)5-10-20(21)23(25)27(2)14-22(29)26-17-4-3-11-28(13-17)18-6-7-18/h15-21,25H,3-14H2,1-2H3,(H,26,29)/t15?,16?,17?,20?,21-/m1/s1. The van der Waals surface area contributed by atoms with Crippen LogP contribution in [0.5, 0.6) is 0 Å². The maximum absolute atomic E-state index is 12.7. The van der Waals surface area contributed by atoms with Crippen LogP contribution in [0.4, 0.5) is 0 Å². The summed E-state index contributed by atoms with van der Waals surface area (Å²) in [5, 5.41) is 12.1. The number of rotatable bonds is 8. The lowest BCUT2D eigenvalue weighted by molar-refractivity contribution is -0.122. The van der Waals surface area contributed by atoms with Crippen LogP contribution in [0.1, 0.15) is 64.7 Å². The molecular weight excluding hydrogens is 444 g/mol. The van der Waals surface area contributed by atoms with Gasteiger partial charge in [0.05, 0.1) is 24.6 Å². The normalized spacial score (nSPS) is 33.7. The zero-order valence-corrected chi connectivity index (χ0v) is 20.2. The van der Waals surface area contributed by atoms with Gasteiger partial charge in [0, 0.05) is 36.4 Å². The van der Waals surface area contributed by atoms with Crippen LogP contribution in [0.25, 0.3) is 0 Å². The Bertz CT molecular complexity index is 624. The number of alkyl halides is 1. The molecule has 5 atom stereocenters. The Labute approximate surface area is 190 Å². The van der Waals surface area contributed by atoms with Crippen LogP contribution in [0.15, 0.2) is 0 Å². The maximum atomic E-state index is 12.7. The van der Waals surface area contributed by atoms with Gasteiger partial charge in [0.2, 0.25) is 5.91 Å². The van der Waals surface area contributed by atoms with Gasteiger partial charge in [-0.1, -0.05) is 15.9 Å². The second-order valence-electron chi connectivity index (χ2n) is 10.1. The van der Waals surface area contributed by atoms with Crippen molar-refractivity contribution in [3.63, 3.8) is 0 Å². The molecule has 1 heterocycles. The van der Waals surface area contributed by atoms with E-state index in [2.05, 4.69) is 33.1 Å². The minimum atomic E-state index is 0.0536. The minimum absolute atomic E-state index is 0.0536. The topological polar surface area (TPSA) is 68.7 Å². The van der Waals surface area contributed by atoms with E-state index in [1.165, 1.54) is 38.6 Å². The minimum Gasteiger partial charge on any atom is -0.375 e. The number of hydrogen-bond acceptors (Lipinski definition) is 4. The van der Waals surface area contributed by atoms with E-state index in [4.69, 9.17) is 10.1 Å². The molecule has 0 aromatic carbocycles. The van der Waals surface area contributed by atoms with Crippen molar-refractivity contribution >= 4 is 27.7 Å². The van der Waals surface area contributed by atoms with Crippen LogP contribution >= 0.6 is 15.9 Å². The molecule has 7 heteroatoms. The Hall–Kier alpha value is -0.660. The summed E-state index contributed by atoms with van der Waals surface area (Å²) in [6.07, 6.45) is 10.9. The molecule has 2 N–H and O–H groups in total. The van der Waals surface area contributed by atoms with E-state index in [1.54, 1.807) is 0 Å². The smallest absolute Gasteiger partial charge is 0.239 e. The molecule has 4 fully saturated rings. The first-order chi connectivity index (χ1) is 14.4. The highest BCUT2D eigenvalue weighted by Crippen LogP contribution is 2.39. The molecule has 170 valence electrons. The number of carbonyl (C=O) groups excluding carboxylic acids is 1. The fourth-order valence-corrected chi connectivity index (χ4v) is 6.07. The lowest BCUT2D eigenvalue weighted by Crippen LogP contribution is -2.51. The highest BCUT2D eigenvalue weighted by molar-refractivity contribution is 9.09. The van der Waals surface area contributed by atoms with E-state index in [1.807, 2.05) is 11.9 Å². The number of halogens is 1. The lowest BCUT2D eigenvalue weighted by atomic mass is 9.75. The number of likely N-dealkylation sites (tertiary alicyclic amines) is 1. The van der Waals surface area contributed by atoms with Crippen molar-refractivity contribution in [3.05, 3.63) is 0 Å². The number of piperidine rings is 1. The Morgan fingerprint density at radius 1 is 1.23 bits per heavy atom. The summed E-state index contributed by atoms with van der Waals surface area (Å²) in [6, 6.07) is 1.03. The summed E-state index contributed by atoms with van der Waals surface area (Å²) in [7, 11) is 1.91. The van der Waals surface area contributed by atoms with Crippen LogP contribution in [-0.2, 0) is 9.53 Å². The van der Waals surface area contributed by atoms with Crippen molar-refractivity contribution in [2.24, 2.45) is 11.8 Å². The van der Waals surface area contributed by atoms with Gasteiger partial charge >= 0.3 is 0 Å². The third-order valence-corrected chi connectivity index (χ3v) is 8.23. The molecule has 6 nitrogen and oxygen atoms in total. The largest absolute Gasteiger partial charge is 0.375 e. The van der Waals surface area contributed by atoms with Crippen molar-refractivity contribution in [1.29, 1.82) is 5.41 Å². The third kappa shape index (κ3) is 5.98. The molecule has 0 spiro atoms. The molecular formula is C23H39BrN4O2. The second-order valence-corrected chi connectivity index (χ2v) is 11.4. The first kappa shape index (κ1) is 22.5. The summed E-state index contributed by atoms with van der Waals surface area (Å²) in [5.74, 6) is 1.17. The van der Waals surface area contributed by atoms with Gasteiger partial charge < -0.3 is 15.0 Å². The molecule has 0 bridgehead atoms. The van der Waals surface area contributed by atoms with Gasteiger partial charge in [0.25, 0.3) is 0 Å². The van der Waals surface area contributed by atoms with E-state index in [0.29, 0.717) is 22.7 Å². The summed E-state index contributed by atoms with van der Waals surface area (Å²) < 4.78 is 6.21. The number of amidine groups is 1. The highest BCUT2D eigenvalue weighted by Gasteiger charge is 2.39. The average molecular weight is 483 g/mol. The van der Waals surface area contributed by atoms with Gasteiger partial charge in [0.15, 0.2) is 0 Å². The van der Waals surface area contributed by atoms with E-state index in [0.717, 1.165) is 38.3 Å². The quantitative estimate of drug-likeness (QED) is 0.316. The van der Waals surface area contributed by atoms with Crippen molar-refractivity contribution in [2.45, 2.75) is 93.8 Å². The number of hydrogen-bond donors (Lipinski definition) is 2. The summed E-state index contributed by atoms with van der Waals surface area (Å²) in [6.45, 7) is 4.62. The van der Waals surface area contributed by atoms with E-state index < -0.39 is 0 Å². The number of nitrogens with zero attached hydrogens (tertiary/aromatic N) is 2. The zero-order valence-electron chi connectivity index (χ0n) is 18.6. The van der Waals surface area contributed by atoms with E-state index in [9.17, 15) is 4.79 Å². The number of likely N-dealkylation sites (N-methyl/N-ethyl adjacent to an activating group) is 1. The molecule has 0 aromatic rings.